The highest BCUT2D eigenvalue weighted by molar-refractivity contribution is 7.17. The van der Waals surface area contributed by atoms with Gasteiger partial charge in [0.1, 0.15) is 11.7 Å². The van der Waals surface area contributed by atoms with Crippen molar-refractivity contribution in [3.05, 3.63) is 34.0 Å². The molecule has 0 saturated carbocycles. The van der Waals surface area contributed by atoms with E-state index in [1.807, 2.05) is 6.92 Å². The van der Waals surface area contributed by atoms with E-state index >= 15 is 0 Å². The summed E-state index contributed by atoms with van der Waals surface area (Å²) in [6.45, 7) is 2.60. The minimum absolute atomic E-state index is 0.273. The van der Waals surface area contributed by atoms with Gasteiger partial charge in [-0.3, -0.25) is 4.79 Å². The van der Waals surface area contributed by atoms with E-state index in [0.29, 0.717) is 17.2 Å². The van der Waals surface area contributed by atoms with Crippen molar-refractivity contribution in [1.82, 2.24) is 9.78 Å². The maximum Gasteiger partial charge on any atom is 0.341 e. The van der Waals surface area contributed by atoms with Crippen LogP contribution in [0.25, 0.3) is 0 Å². The molecule has 26 heavy (non-hydrogen) atoms. The fourth-order valence-corrected chi connectivity index (χ4v) is 4.26. The van der Waals surface area contributed by atoms with Gasteiger partial charge >= 0.3 is 5.97 Å². The third kappa shape index (κ3) is 3.96. The Hall–Kier alpha value is -2.19. The van der Waals surface area contributed by atoms with E-state index in [1.54, 1.807) is 19.4 Å². The van der Waals surface area contributed by atoms with Crippen LogP contribution in [-0.4, -0.2) is 35.4 Å². The number of esters is 1. The molecule has 2 aromatic rings. The number of hydrogen-bond donors (Lipinski definition) is 1. The van der Waals surface area contributed by atoms with Crippen LogP contribution in [0.15, 0.2) is 12.3 Å². The Balaban J connectivity index is 1.84. The summed E-state index contributed by atoms with van der Waals surface area (Å²) >= 11 is 1.47. The summed E-state index contributed by atoms with van der Waals surface area (Å²) < 4.78 is 11.9. The van der Waals surface area contributed by atoms with Gasteiger partial charge in [0.05, 0.1) is 12.2 Å². The number of rotatable bonds is 7. The molecule has 1 amide bonds. The number of fused-ring (bicyclic) bond motifs is 1. The van der Waals surface area contributed by atoms with Gasteiger partial charge in [0.15, 0.2) is 5.69 Å². The predicted molar refractivity (Wildman–Crippen MR) is 98.7 cm³/mol. The van der Waals surface area contributed by atoms with Gasteiger partial charge in [0.2, 0.25) is 0 Å². The normalized spacial score (nSPS) is 13.3. The Morgan fingerprint density at radius 2 is 2.15 bits per heavy atom. The van der Waals surface area contributed by atoms with Crippen molar-refractivity contribution in [3.63, 3.8) is 0 Å². The van der Waals surface area contributed by atoms with Crippen LogP contribution >= 0.6 is 11.3 Å². The molecule has 140 valence electrons. The zero-order valence-electron chi connectivity index (χ0n) is 15.0. The molecule has 0 bridgehead atoms. The number of ether oxygens (including phenoxy) is 2. The number of methoxy groups -OCH3 is 1. The van der Waals surface area contributed by atoms with Crippen LogP contribution in [0.5, 0.6) is 0 Å². The number of hydrogen-bond acceptors (Lipinski definition) is 6. The number of aromatic nitrogens is 2. The average molecular weight is 377 g/mol. The molecule has 7 nitrogen and oxygen atoms in total. The van der Waals surface area contributed by atoms with E-state index in [-0.39, 0.29) is 24.3 Å². The lowest BCUT2D eigenvalue weighted by atomic mass is 9.95. The summed E-state index contributed by atoms with van der Waals surface area (Å²) in [7, 11) is 1.56. The molecule has 0 fully saturated rings. The van der Waals surface area contributed by atoms with Gasteiger partial charge in [-0.25, -0.2) is 9.48 Å². The molecular formula is C18H23N3O4S. The molecule has 1 aliphatic carbocycles. The largest absolute Gasteiger partial charge is 0.462 e. The minimum atomic E-state index is -0.355. The molecule has 0 aromatic carbocycles. The molecule has 0 spiro atoms. The fourth-order valence-electron chi connectivity index (χ4n) is 2.99. The first-order valence-electron chi connectivity index (χ1n) is 8.79. The Morgan fingerprint density at radius 3 is 2.92 bits per heavy atom. The number of nitrogens with one attached hydrogen (secondary N) is 1. The quantitative estimate of drug-likeness (QED) is 0.749. The lowest BCUT2D eigenvalue weighted by Crippen LogP contribution is -2.17. The standard InChI is InChI=1S/C18H23N3O4S/c1-3-10-25-18(23)15-12-6-4-5-7-14(12)26-17(15)19-16(22)13-8-9-21(20-13)11-24-2/h8-9H,3-7,10-11H2,1-2H3,(H,19,22). The van der Waals surface area contributed by atoms with Crippen LogP contribution in [0.4, 0.5) is 5.00 Å². The summed E-state index contributed by atoms with van der Waals surface area (Å²) in [4.78, 5) is 26.3. The molecular weight excluding hydrogens is 354 g/mol. The average Bonchev–Trinajstić information content (AvgIpc) is 3.24. The van der Waals surface area contributed by atoms with Gasteiger partial charge in [-0.1, -0.05) is 6.92 Å². The first kappa shape index (κ1) is 18.6. The van der Waals surface area contributed by atoms with E-state index in [9.17, 15) is 9.59 Å². The van der Waals surface area contributed by atoms with Gasteiger partial charge in [-0.15, -0.1) is 11.3 Å². The van der Waals surface area contributed by atoms with Gasteiger partial charge < -0.3 is 14.8 Å². The highest BCUT2D eigenvalue weighted by atomic mass is 32.1. The Labute approximate surface area is 156 Å². The number of aryl methyl sites for hydroxylation is 1. The zero-order chi connectivity index (χ0) is 18.5. The van der Waals surface area contributed by atoms with Crippen molar-refractivity contribution in [2.24, 2.45) is 0 Å². The van der Waals surface area contributed by atoms with Gasteiger partial charge in [0, 0.05) is 18.2 Å². The third-order valence-corrected chi connectivity index (χ3v) is 5.38. The predicted octanol–water partition coefficient (Wildman–Crippen LogP) is 3.25. The van der Waals surface area contributed by atoms with Crippen molar-refractivity contribution in [1.29, 1.82) is 0 Å². The smallest absolute Gasteiger partial charge is 0.341 e. The first-order chi connectivity index (χ1) is 12.6. The van der Waals surface area contributed by atoms with E-state index in [2.05, 4.69) is 10.4 Å². The van der Waals surface area contributed by atoms with Crippen molar-refractivity contribution >= 4 is 28.2 Å². The van der Waals surface area contributed by atoms with Crippen LogP contribution < -0.4 is 5.32 Å². The molecule has 0 radical (unpaired) electrons. The van der Waals surface area contributed by atoms with E-state index in [0.717, 1.165) is 37.7 Å². The minimum Gasteiger partial charge on any atom is -0.462 e. The van der Waals surface area contributed by atoms with Crippen LogP contribution in [0, 0.1) is 0 Å². The van der Waals surface area contributed by atoms with Crippen molar-refractivity contribution in [2.45, 2.75) is 45.8 Å². The number of anilines is 1. The van der Waals surface area contributed by atoms with Crippen molar-refractivity contribution < 1.29 is 19.1 Å². The maximum absolute atomic E-state index is 12.6. The topological polar surface area (TPSA) is 82.5 Å². The number of carbonyl (C=O) groups excluding carboxylic acids is 2. The summed E-state index contributed by atoms with van der Waals surface area (Å²) in [5.74, 6) is -0.700. The molecule has 0 aliphatic heterocycles. The number of nitrogens with zero attached hydrogens (tertiary/aromatic N) is 2. The fraction of sp³-hybridized carbons (Fsp3) is 0.500. The van der Waals surface area contributed by atoms with E-state index in [1.165, 1.54) is 20.9 Å². The van der Waals surface area contributed by atoms with E-state index in [4.69, 9.17) is 9.47 Å². The van der Waals surface area contributed by atoms with Crippen LogP contribution in [0.3, 0.4) is 0 Å². The Kier molecular flexibility index (Phi) is 6.05. The molecule has 3 rings (SSSR count). The maximum atomic E-state index is 12.6. The molecule has 8 heteroatoms. The highest BCUT2D eigenvalue weighted by Gasteiger charge is 2.27. The summed E-state index contributed by atoms with van der Waals surface area (Å²) in [6.07, 6.45) is 6.37. The Morgan fingerprint density at radius 1 is 1.35 bits per heavy atom. The third-order valence-electron chi connectivity index (χ3n) is 4.17. The second kappa shape index (κ2) is 8.46. The number of thiophene rings is 1. The molecule has 0 saturated heterocycles. The zero-order valence-corrected chi connectivity index (χ0v) is 15.9. The van der Waals surface area contributed by atoms with Gasteiger partial charge in [-0.05, 0) is 43.7 Å². The second-order valence-electron chi connectivity index (χ2n) is 6.16. The first-order valence-corrected chi connectivity index (χ1v) is 9.61. The molecule has 1 N–H and O–H groups in total. The van der Waals surface area contributed by atoms with E-state index < -0.39 is 0 Å². The van der Waals surface area contributed by atoms with Crippen LogP contribution in [0.2, 0.25) is 0 Å². The van der Waals surface area contributed by atoms with Crippen LogP contribution in [0.1, 0.15) is 57.5 Å². The molecule has 0 unspecified atom stereocenters. The Bertz CT molecular complexity index is 796. The summed E-state index contributed by atoms with van der Waals surface area (Å²) in [6, 6.07) is 1.62. The van der Waals surface area contributed by atoms with Crippen molar-refractivity contribution in [3.8, 4) is 0 Å². The molecule has 2 aromatic heterocycles. The molecule has 2 heterocycles. The number of amides is 1. The molecule has 0 atom stereocenters. The summed E-state index contributed by atoms with van der Waals surface area (Å²) in [5, 5.41) is 7.59. The monoisotopic (exact) mass is 377 g/mol. The SMILES string of the molecule is CCCOC(=O)c1c(NC(=O)c2ccn(COC)n2)sc2c1CCCC2. The van der Waals surface area contributed by atoms with Crippen LogP contribution in [-0.2, 0) is 29.0 Å². The summed E-state index contributed by atoms with van der Waals surface area (Å²) in [5.41, 5.74) is 1.83. The molecule has 1 aliphatic rings. The lowest BCUT2D eigenvalue weighted by Gasteiger charge is -2.12. The lowest BCUT2D eigenvalue weighted by molar-refractivity contribution is 0.0505. The highest BCUT2D eigenvalue weighted by Crippen LogP contribution is 2.38. The van der Waals surface area contributed by atoms with Gasteiger partial charge in [0.25, 0.3) is 5.91 Å². The van der Waals surface area contributed by atoms with Gasteiger partial charge in [-0.2, -0.15) is 5.10 Å². The second-order valence-corrected chi connectivity index (χ2v) is 7.27. The number of carbonyl (C=O) groups is 2. The van der Waals surface area contributed by atoms with Crippen molar-refractivity contribution in [2.75, 3.05) is 19.0 Å².